The van der Waals surface area contributed by atoms with E-state index in [4.69, 9.17) is 16.3 Å². The fourth-order valence-corrected chi connectivity index (χ4v) is 4.11. The molecule has 1 aliphatic rings. The van der Waals surface area contributed by atoms with Crippen LogP contribution in [0.15, 0.2) is 42.5 Å². The predicted molar refractivity (Wildman–Crippen MR) is 116 cm³/mol. The Morgan fingerprint density at radius 3 is 2.43 bits per heavy atom. The summed E-state index contributed by atoms with van der Waals surface area (Å²) in [7, 11) is 0. The molecule has 0 aliphatic heterocycles. The molecular formula is C24H30ClNO2. The molecule has 150 valence electrons. The summed E-state index contributed by atoms with van der Waals surface area (Å²) in [6.45, 7) is 6.19. The average molecular weight is 400 g/mol. The van der Waals surface area contributed by atoms with E-state index in [9.17, 15) is 4.79 Å². The van der Waals surface area contributed by atoms with Gasteiger partial charge in [-0.3, -0.25) is 4.79 Å². The third-order valence-corrected chi connectivity index (χ3v) is 6.13. The number of hydrogen-bond acceptors (Lipinski definition) is 2. The van der Waals surface area contributed by atoms with E-state index in [2.05, 4.69) is 19.2 Å². The first-order valence-corrected chi connectivity index (χ1v) is 10.7. The van der Waals surface area contributed by atoms with E-state index in [0.717, 1.165) is 54.7 Å². The van der Waals surface area contributed by atoms with Gasteiger partial charge in [0.15, 0.2) is 0 Å². The normalized spacial score (nSPS) is 17.0. The minimum absolute atomic E-state index is 0.0736. The Morgan fingerprint density at radius 2 is 1.82 bits per heavy atom. The maximum absolute atomic E-state index is 13.4. The van der Waals surface area contributed by atoms with E-state index in [0.29, 0.717) is 5.02 Å². The van der Waals surface area contributed by atoms with Crippen molar-refractivity contribution in [3.8, 4) is 5.75 Å². The predicted octanol–water partition coefficient (Wildman–Crippen LogP) is 6.67. The van der Waals surface area contributed by atoms with Gasteiger partial charge in [-0.1, -0.05) is 49.9 Å². The van der Waals surface area contributed by atoms with Crippen molar-refractivity contribution in [2.45, 2.75) is 70.8 Å². The molecular weight excluding hydrogens is 370 g/mol. The molecule has 3 nitrogen and oxygen atoms in total. The van der Waals surface area contributed by atoms with E-state index in [1.54, 1.807) is 0 Å². The van der Waals surface area contributed by atoms with E-state index >= 15 is 0 Å². The Labute approximate surface area is 173 Å². The van der Waals surface area contributed by atoms with Gasteiger partial charge in [-0.15, -0.1) is 0 Å². The lowest BCUT2D eigenvalue weighted by Crippen LogP contribution is -2.42. The van der Waals surface area contributed by atoms with E-state index in [1.165, 1.54) is 6.42 Å². The molecule has 4 heteroatoms. The van der Waals surface area contributed by atoms with Crippen LogP contribution < -0.4 is 10.1 Å². The number of amides is 1. The Kier molecular flexibility index (Phi) is 6.66. The summed E-state index contributed by atoms with van der Waals surface area (Å²) in [5.41, 5.74) is 2.42. The molecule has 2 aromatic rings. The van der Waals surface area contributed by atoms with Crippen LogP contribution >= 0.6 is 11.6 Å². The summed E-state index contributed by atoms with van der Waals surface area (Å²) in [6.07, 6.45) is 6.19. The number of carbonyl (C=O) groups excluding carboxylic acids is 1. The van der Waals surface area contributed by atoms with Gasteiger partial charge in [0, 0.05) is 10.7 Å². The number of ether oxygens (including phenoxy) is 1. The molecule has 2 aromatic carbocycles. The molecule has 1 N–H and O–H groups in total. The Bertz CT molecular complexity index is 810. The Hall–Kier alpha value is -2.00. The van der Waals surface area contributed by atoms with Crippen LogP contribution in [0, 0.1) is 6.92 Å². The van der Waals surface area contributed by atoms with Crippen molar-refractivity contribution in [2.24, 2.45) is 0 Å². The molecule has 0 heterocycles. The lowest BCUT2D eigenvalue weighted by Gasteiger charge is -2.36. The molecule has 3 rings (SSSR count). The van der Waals surface area contributed by atoms with Crippen molar-refractivity contribution in [3.05, 3.63) is 58.6 Å². The first-order chi connectivity index (χ1) is 13.4. The van der Waals surface area contributed by atoms with Crippen LogP contribution in [-0.2, 0) is 10.2 Å². The number of hydrogen-bond donors (Lipinski definition) is 1. The van der Waals surface area contributed by atoms with E-state index in [1.807, 2.05) is 49.4 Å². The summed E-state index contributed by atoms with van der Waals surface area (Å²) >= 11 is 6.07. The van der Waals surface area contributed by atoms with Crippen molar-refractivity contribution < 1.29 is 9.53 Å². The zero-order chi connectivity index (χ0) is 20.1. The molecule has 0 spiro atoms. The van der Waals surface area contributed by atoms with E-state index in [-0.39, 0.29) is 12.0 Å². The number of rotatable bonds is 6. The molecule has 1 atom stereocenters. The van der Waals surface area contributed by atoms with Crippen LogP contribution in [-0.4, -0.2) is 12.0 Å². The van der Waals surface area contributed by atoms with Gasteiger partial charge in [-0.25, -0.2) is 0 Å². The van der Waals surface area contributed by atoms with Gasteiger partial charge in [0.1, 0.15) is 5.75 Å². The quantitative estimate of drug-likeness (QED) is 0.589. The number of carbonyl (C=O) groups is 1. The van der Waals surface area contributed by atoms with Gasteiger partial charge < -0.3 is 10.1 Å². The number of anilines is 1. The van der Waals surface area contributed by atoms with Crippen LogP contribution in [0.3, 0.4) is 0 Å². The molecule has 0 aromatic heterocycles. The van der Waals surface area contributed by atoms with Crippen LogP contribution in [0.25, 0.3) is 0 Å². The Morgan fingerprint density at radius 1 is 1.14 bits per heavy atom. The third-order valence-electron chi connectivity index (χ3n) is 5.87. The monoisotopic (exact) mass is 399 g/mol. The standard InChI is InChI=1S/C24H30ClNO2/c1-4-18(3)28-22-13-12-21(16-17(22)2)26-23(27)24(14-6-5-7-15-24)19-8-10-20(25)11-9-19/h8-13,16,18H,4-7,14-15H2,1-3H3,(H,26,27)/t18-/m0/s1. The van der Waals surface area contributed by atoms with Crippen molar-refractivity contribution in [1.82, 2.24) is 0 Å². The second-order valence-electron chi connectivity index (χ2n) is 7.92. The van der Waals surface area contributed by atoms with Gasteiger partial charge in [-0.2, -0.15) is 0 Å². The van der Waals surface area contributed by atoms with Crippen LogP contribution in [0.2, 0.25) is 5.02 Å². The number of nitrogens with one attached hydrogen (secondary N) is 1. The number of halogens is 1. The first kappa shape index (κ1) is 20.7. The highest BCUT2D eigenvalue weighted by atomic mass is 35.5. The summed E-state index contributed by atoms with van der Waals surface area (Å²) in [5, 5.41) is 3.87. The maximum Gasteiger partial charge on any atom is 0.235 e. The minimum Gasteiger partial charge on any atom is -0.490 e. The first-order valence-electron chi connectivity index (χ1n) is 10.3. The molecule has 0 bridgehead atoms. The average Bonchev–Trinajstić information content (AvgIpc) is 2.71. The molecule has 1 saturated carbocycles. The second kappa shape index (κ2) is 9.00. The van der Waals surface area contributed by atoms with Gasteiger partial charge in [0.05, 0.1) is 11.5 Å². The molecule has 0 unspecified atom stereocenters. The third kappa shape index (κ3) is 4.52. The van der Waals surface area contributed by atoms with Crippen molar-refractivity contribution in [1.29, 1.82) is 0 Å². The molecule has 28 heavy (non-hydrogen) atoms. The summed E-state index contributed by atoms with van der Waals surface area (Å²) < 4.78 is 5.95. The number of aryl methyl sites for hydroxylation is 1. The minimum atomic E-state index is -0.483. The molecule has 0 radical (unpaired) electrons. The largest absolute Gasteiger partial charge is 0.490 e. The van der Waals surface area contributed by atoms with Crippen molar-refractivity contribution in [3.63, 3.8) is 0 Å². The van der Waals surface area contributed by atoms with Gasteiger partial charge in [0.2, 0.25) is 5.91 Å². The highest BCUT2D eigenvalue weighted by Crippen LogP contribution is 2.41. The van der Waals surface area contributed by atoms with Gasteiger partial charge in [0.25, 0.3) is 0 Å². The zero-order valence-corrected chi connectivity index (χ0v) is 17.8. The molecule has 1 fully saturated rings. The highest BCUT2D eigenvalue weighted by Gasteiger charge is 2.41. The summed E-state index contributed by atoms with van der Waals surface area (Å²) in [6, 6.07) is 13.6. The van der Waals surface area contributed by atoms with Gasteiger partial charge in [-0.05, 0) is 74.6 Å². The van der Waals surface area contributed by atoms with Crippen LogP contribution in [0.4, 0.5) is 5.69 Å². The van der Waals surface area contributed by atoms with E-state index < -0.39 is 5.41 Å². The maximum atomic E-state index is 13.4. The highest BCUT2D eigenvalue weighted by molar-refractivity contribution is 6.30. The SMILES string of the molecule is CC[C@H](C)Oc1ccc(NC(=O)C2(c3ccc(Cl)cc3)CCCCC2)cc1C. The zero-order valence-electron chi connectivity index (χ0n) is 17.1. The lowest BCUT2D eigenvalue weighted by molar-refractivity contribution is -0.122. The van der Waals surface area contributed by atoms with Crippen LogP contribution in [0.5, 0.6) is 5.75 Å². The Balaban J connectivity index is 1.82. The fourth-order valence-electron chi connectivity index (χ4n) is 3.98. The van der Waals surface area contributed by atoms with Crippen LogP contribution in [0.1, 0.15) is 63.5 Å². The number of benzene rings is 2. The van der Waals surface area contributed by atoms with Gasteiger partial charge >= 0.3 is 0 Å². The fraction of sp³-hybridized carbons (Fsp3) is 0.458. The lowest BCUT2D eigenvalue weighted by atomic mass is 9.68. The molecule has 0 saturated heterocycles. The van der Waals surface area contributed by atoms with Crippen molar-refractivity contribution >= 4 is 23.2 Å². The summed E-state index contributed by atoms with van der Waals surface area (Å²) in [4.78, 5) is 13.4. The molecule has 1 amide bonds. The summed E-state index contributed by atoms with van der Waals surface area (Å²) in [5.74, 6) is 0.946. The topological polar surface area (TPSA) is 38.3 Å². The molecule has 1 aliphatic carbocycles. The smallest absolute Gasteiger partial charge is 0.235 e. The van der Waals surface area contributed by atoms with Crippen molar-refractivity contribution in [2.75, 3.05) is 5.32 Å². The second-order valence-corrected chi connectivity index (χ2v) is 8.36.